The second-order valence-electron chi connectivity index (χ2n) is 15.7. The van der Waals surface area contributed by atoms with Gasteiger partial charge >= 0.3 is 19.8 Å². The molecule has 0 saturated heterocycles. The molecule has 9 nitrogen and oxygen atoms in total. The number of phosphoric ester groups is 1. The normalized spacial score (nSPS) is 13.7. The summed E-state index contributed by atoms with van der Waals surface area (Å²) in [7, 11) is 1.48. The van der Waals surface area contributed by atoms with Gasteiger partial charge in [0.25, 0.3) is 0 Å². The monoisotopic (exact) mass is 761 g/mol. The number of esters is 2. The highest BCUT2D eigenvalue weighted by Crippen LogP contribution is 2.43. The fourth-order valence-electron chi connectivity index (χ4n) is 5.89. The maximum Gasteiger partial charge on any atom is 0.472 e. The van der Waals surface area contributed by atoms with Crippen LogP contribution >= 0.6 is 7.82 Å². The number of ether oxygens (including phenoxy) is 2. The Kier molecular flexibility index (Phi) is 34.6. The van der Waals surface area contributed by atoms with E-state index < -0.39 is 26.5 Å². The molecule has 1 N–H and O–H groups in total. The number of likely N-dealkylation sites (N-methyl/N-ethyl adjacent to an activating group) is 1. The first kappa shape index (κ1) is 50.8. The molecule has 308 valence electrons. The summed E-state index contributed by atoms with van der Waals surface area (Å²) in [6, 6.07) is 0. The molecule has 52 heavy (non-hydrogen) atoms. The van der Waals surface area contributed by atoms with Crippen molar-refractivity contribution < 1.29 is 42.1 Å². The third-order valence-corrected chi connectivity index (χ3v) is 10.3. The Labute approximate surface area is 320 Å². The third kappa shape index (κ3) is 38.5. The fourth-order valence-corrected chi connectivity index (χ4v) is 6.63. The lowest BCUT2D eigenvalue weighted by Crippen LogP contribution is -2.37. The van der Waals surface area contributed by atoms with Crippen molar-refractivity contribution >= 4 is 19.8 Å². The molecule has 2 unspecified atom stereocenters. The summed E-state index contributed by atoms with van der Waals surface area (Å²) < 4.78 is 34.2. The smallest absolute Gasteiger partial charge is 0.462 e. The summed E-state index contributed by atoms with van der Waals surface area (Å²) in [5, 5.41) is 0. The van der Waals surface area contributed by atoms with Gasteiger partial charge in [-0.3, -0.25) is 18.6 Å². The average molecular weight is 761 g/mol. The summed E-state index contributed by atoms with van der Waals surface area (Å²) in [5.41, 5.74) is 0. The quantitative estimate of drug-likeness (QED) is 0.0217. The van der Waals surface area contributed by atoms with Crippen LogP contribution in [0.25, 0.3) is 0 Å². The van der Waals surface area contributed by atoms with Gasteiger partial charge in [-0.25, -0.2) is 4.57 Å². The molecule has 0 heterocycles. The zero-order valence-corrected chi connectivity index (χ0v) is 35.5. The minimum atomic E-state index is -4.37. The van der Waals surface area contributed by atoms with E-state index >= 15 is 0 Å². The molecule has 0 aliphatic heterocycles. The number of hydrogen-bond acceptors (Lipinski definition) is 7. The van der Waals surface area contributed by atoms with Crippen LogP contribution in [0.5, 0.6) is 0 Å². The minimum Gasteiger partial charge on any atom is -0.462 e. The van der Waals surface area contributed by atoms with Gasteiger partial charge in [0, 0.05) is 12.8 Å². The number of nitrogens with zero attached hydrogens (tertiary/aromatic N) is 1. The number of phosphoric acid groups is 1. The minimum absolute atomic E-state index is 0.0326. The highest BCUT2D eigenvalue weighted by molar-refractivity contribution is 7.47. The molecule has 0 aromatic carbocycles. The van der Waals surface area contributed by atoms with Crippen molar-refractivity contribution in [3.05, 3.63) is 12.2 Å². The first-order valence-electron chi connectivity index (χ1n) is 21.4. The van der Waals surface area contributed by atoms with E-state index in [9.17, 15) is 19.0 Å². The highest BCUT2D eigenvalue weighted by Gasteiger charge is 2.27. The van der Waals surface area contributed by atoms with Gasteiger partial charge in [0.1, 0.15) is 19.8 Å². The van der Waals surface area contributed by atoms with E-state index in [0.717, 1.165) is 44.9 Å². The van der Waals surface area contributed by atoms with Gasteiger partial charge in [0.15, 0.2) is 6.10 Å². The first-order valence-corrected chi connectivity index (χ1v) is 22.9. The van der Waals surface area contributed by atoms with Crippen molar-refractivity contribution in [2.45, 2.75) is 200 Å². The third-order valence-electron chi connectivity index (χ3n) is 9.30. The highest BCUT2D eigenvalue weighted by atomic mass is 31.2. The van der Waals surface area contributed by atoms with Crippen molar-refractivity contribution in [2.24, 2.45) is 0 Å². The number of quaternary nitrogens is 1. The maximum absolute atomic E-state index is 12.7. The molecule has 0 aromatic rings. The van der Waals surface area contributed by atoms with Crippen LogP contribution in [0, 0.1) is 0 Å². The van der Waals surface area contributed by atoms with E-state index in [2.05, 4.69) is 26.0 Å². The Morgan fingerprint density at radius 1 is 0.577 bits per heavy atom. The number of rotatable bonds is 39. The molecular formula is C42H83NO8P+. The van der Waals surface area contributed by atoms with E-state index in [-0.39, 0.29) is 32.0 Å². The van der Waals surface area contributed by atoms with E-state index in [1.165, 1.54) is 116 Å². The van der Waals surface area contributed by atoms with Crippen molar-refractivity contribution in [1.82, 2.24) is 0 Å². The Morgan fingerprint density at radius 3 is 1.44 bits per heavy atom. The molecule has 0 spiro atoms. The van der Waals surface area contributed by atoms with Gasteiger partial charge in [-0.05, 0) is 38.5 Å². The van der Waals surface area contributed by atoms with Gasteiger partial charge in [-0.2, -0.15) is 0 Å². The van der Waals surface area contributed by atoms with Crippen molar-refractivity contribution in [3.63, 3.8) is 0 Å². The molecule has 0 saturated carbocycles. The van der Waals surface area contributed by atoms with Crippen LogP contribution in [-0.4, -0.2) is 74.9 Å². The predicted molar refractivity (Wildman–Crippen MR) is 215 cm³/mol. The second kappa shape index (κ2) is 35.5. The van der Waals surface area contributed by atoms with Gasteiger partial charge in [0.2, 0.25) is 0 Å². The second-order valence-corrected chi connectivity index (χ2v) is 17.2. The summed E-state index contributed by atoms with van der Waals surface area (Å²) in [6.45, 7) is 4.41. The SMILES string of the molecule is CCCCCCCC/C=C\CCCCCC(=O)OCC(COP(=O)(O)OCC[N+](C)(C)C)OC(=O)CCCCCCCCCCCCCCCCC. The van der Waals surface area contributed by atoms with Crippen LogP contribution in [0.15, 0.2) is 12.2 Å². The number of carbonyl (C=O) groups is 2. The van der Waals surface area contributed by atoms with Gasteiger partial charge in [0.05, 0.1) is 27.7 Å². The van der Waals surface area contributed by atoms with Crippen LogP contribution in [0.1, 0.15) is 194 Å². The van der Waals surface area contributed by atoms with Crippen molar-refractivity contribution in [2.75, 3.05) is 47.5 Å². The number of hydrogen-bond donors (Lipinski definition) is 1. The maximum atomic E-state index is 12.7. The molecule has 0 radical (unpaired) electrons. The molecule has 0 bridgehead atoms. The summed E-state index contributed by atoms with van der Waals surface area (Å²) >= 11 is 0. The van der Waals surface area contributed by atoms with Crippen LogP contribution in [0.2, 0.25) is 0 Å². The Bertz CT molecular complexity index is 907. The lowest BCUT2D eigenvalue weighted by molar-refractivity contribution is -0.870. The standard InChI is InChI=1S/C42H82NO8P/c1-6-8-10-12-14-16-18-20-21-23-25-27-29-31-33-35-42(45)51-40(39-50-52(46,47)49-37-36-43(3,4)5)38-48-41(44)34-32-30-28-26-24-22-19-17-15-13-11-9-7-2/h22,24,40H,6-21,23,25-39H2,1-5H3/p+1/b24-22-. The zero-order chi connectivity index (χ0) is 38.6. The van der Waals surface area contributed by atoms with Crippen LogP contribution in [0.4, 0.5) is 0 Å². The Morgan fingerprint density at radius 2 is 0.981 bits per heavy atom. The van der Waals surface area contributed by atoms with Crippen LogP contribution in [-0.2, 0) is 32.7 Å². The van der Waals surface area contributed by atoms with E-state index in [1.54, 1.807) is 0 Å². The summed E-state index contributed by atoms with van der Waals surface area (Å²) in [4.78, 5) is 35.3. The fraction of sp³-hybridized carbons (Fsp3) is 0.905. The van der Waals surface area contributed by atoms with Crippen molar-refractivity contribution in [1.29, 1.82) is 0 Å². The zero-order valence-electron chi connectivity index (χ0n) is 34.6. The molecule has 0 amide bonds. The Balaban J connectivity index is 4.37. The Hall–Kier alpha value is -1.25. The molecular weight excluding hydrogens is 677 g/mol. The van der Waals surface area contributed by atoms with E-state index in [0.29, 0.717) is 17.4 Å². The van der Waals surface area contributed by atoms with Crippen LogP contribution < -0.4 is 0 Å². The first-order chi connectivity index (χ1) is 25.0. The summed E-state index contributed by atoms with van der Waals surface area (Å²) in [6.07, 6.45) is 35.4. The molecule has 0 fully saturated rings. The van der Waals surface area contributed by atoms with E-state index in [4.69, 9.17) is 18.5 Å². The lowest BCUT2D eigenvalue weighted by Gasteiger charge is -2.24. The molecule has 0 aliphatic carbocycles. The molecule has 0 rings (SSSR count). The number of unbranched alkanes of at least 4 members (excludes halogenated alkanes) is 23. The van der Waals surface area contributed by atoms with Gasteiger partial charge < -0.3 is 18.9 Å². The average Bonchev–Trinajstić information content (AvgIpc) is 3.09. The van der Waals surface area contributed by atoms with Gasteiger partial charge in [-0.15, -0.1) is 0 Å². The molecule has 0 aliphatic rings. The topological polar surface area (TPSA) is 108 Å². The largest absolute Gasteiger partial charge is 0.472 e. The van der Waals surface area contributed by atoms with Gasteiger partial charge in [-0.1, -0.05) is 154 Å². The van der Waals surface area contributed by atoms with Crippen LogP contribution in [0.3, 0.4) is 0 Å². The summed E-state index contributed by atoms with van der Waals surface area (Å²) in [5.74, 6) is -0.809. The number of carbonyl (C=O) groups excluding carboxylic acids is 2. The van der Waals surface area contributed by atoms with Crippen molar-refractivity contribution in [3.8, 4) is 0 Å². The molecule has 10 heteroatoms. The predicted octanol–water partition coefficient (Wildman–Crippen LogP) is 11.8. The lowest BCUT2D eigenvalue weighted by atomic mass is 10.0. The number of allylic oxidation sites excluding steroid dienone is 2. The molecule has 0 aromatic heterocycles. The van der Waals surface area contributed by atoms with E-state index in [1.807, 2.05) is 21.1 Å². The molecule has 2 atom stereocenters.